The Bertz CT molecular complexity index is 222. The minimum Gasteiger partial charge on any atom is -0.334 e. The van der Waals surface area contributed by atoms with Crippen LogP contribution in [0.15, 0.2) is 9.98 Å². The molecule has 0 aliphatic rings. The highest BCUT2D eigenvalue weighted by Crippen LogP contribution is 2.18. The maximum absolute atomic E-state index is 10.1. The van der Waals surface area contributed by atoms with E-state index in [1.54, 1.807) is 6.92 Å². The monoisotopic (exact) mass is 184 g/mol. The minimum atomic E-state index is -1.40. The Labute approximate surface area is 76.5 Å². The fourth-order valence-electron chi connectivity index (χ4n) is 0.758. The molecular formula is C8H12N2O3. The normalized spacial score (nSPS) is 13.7. The number of carbonyl (C=O) groups excluding carboxylic acids is 2. The molecule has 0 spiro atoms. The van der Waals surface area contributed by atoms with Gasteiger partial charge < -0.3 is 4.74 Å². The summed E-state index contributed by atoms with van der Waals surface area (Å²) in [5.74, 6) is -1.40. The van der Waals surface area contributed by atoms with Gasteiger partial charge in [-0.15, -0.1) is 9.98 Å². The molecule has 0 aromatic heterocycles. The summed E-state index contributed by atoms with van der Waals surface area (Å²) in [6.45, 7) is 3.98. The molecule has 0 aliphatic carbocycles. The second kappa shape index (κ2) is 6.26. The first-order valence-corrected chi connectivity index (χ1v) is 4.06. The Hall–Kier alpha value is -1.28. The van der Waals surface area contributed by atoms with E-state index in [0.717, 1.165) is 6.42 Å². The molecule has 0 bridgehead atoms. The van der Waals surface area contributed by atoms with Crippen LogP contribution in [0.2, 0.25) is 0 Å². The molecule has 5 nitrogen and oxygen atoms in total. The van der Waals surface area contributed by atoms with E-state index >= 15 is 0 Å². The van der Waals surface area contributed by atoms with Crippen LogP contribution >= 0.6 is 0 Å². The lowest BCUT2D eigenvalue weighted by atomic mass is 10.3. The Morgan fingerprint density at radius 1 is 1.23 bits per heavy atom. The third-order valence-corrected chi connectivity index (χ3v) is 1.44. The summed E-state index contributed by atoms with van der Waals surface area (Å²) in [4.78, 5) is 26.8. The molecule has 0 unspecified atom stereocenters. The van der Waals surface area contributed by atoms with Crippen LogP contribution in [-0.2, 0) is 14.3 Å². The number of hydrogen-bond donors (Lipinski definition) is 0. The Balaban J connectivity index is 4.63. The highest BCUT2D eigenvalue weighted by atomic mass is 16.5. The average Bonchev–Trinajstić information content (AvgIpc) is 2.15. The Morgan fingerprint density at radius 3 is 2.08 bits per heavy atom. The number of aliphatic imine (C=N–C) groups is 2. The van der Waals surface area contributed by atoms with Crippen molar-refractivity contribution in [3.8, 4) is 0 Å². The molecule has 0 radical (unpaired) electrons. The molecule has 0 rings (SSSR count). The van der Waals surface area contributed by atoms with Crippen molar-refractivity contribution in [1.29, 1.82) is 0 Å². The van der Waals surface area contributed by atoms with Gasteiger partial charge in [0.15, 0.2) is 0 Å². The van der Waals surface area contributed by atoms with Crippen molar-refractivity contribution in [2.45, 2.75) is 32.5 Å². The second-order valence-corrected chi connectivity index (χ2v) is 2.35. The third kappa shape index (κ3) is 3.76. The molecule has 0 aromatic rings. The molecule has 5 heteroatoms. The van der Waals surface area contributed by atoms with Gasteiger partial charge in [-0.1, -0.05) is 13.8 Å². The molecular weight excluding hydrogens is 172 g/mol. The van der Waals surface area contributed by atoms with E-state index < -0.39 is 5.85 Å². The molecule has 0 atom stereocenters. The summed E-state index contributed by atoms with van der Waals surface area (Å²) >= 11 is 0. The SMILES string of the molecule is CCCOC(CC)(N=C=O)N=C=O. The van der Waals surface area contributed by atoms with Gasteiger partial charge in [0.2, 0.25) is 12.2 Å². The van der Waals surface area contributed by atoms with E-state index in [2.05, 4.69) is 9.98 Å². The summed E-state index contributed by atoms with van der Waals surface area (Å²) in [5, 5.41) is 0. The lowest BCUT2D eigenvalue weighted by molar-refractivity contribution is -0.0345. The van der Waals surface area contributed by atoms with E-state index in [0.29, 0.717) is 13.0 Å². The smallest absolute Gasteiger partial charge is 0.278 e. The first-order chi connectivity index (χ1) is 6.24. The number of nitrogens with zero attached hydrogens (tertiary/aromatic N) is 2. The molecule has 0 saturated carbocycles. The van der Waals surface area contributed by atoms with Gasteiger partial charge in [-0.3, -0.25) is 0 Å². The average molecular weight is 184 g/mol. The van der Waals surface area contributed by atoms with E-state index in [9.17, 15) is 9.59 Å². The van der Waals surface area contributed by atoms with Crippen LogP contribution < -0.4 is 0 Å². The summed E-state index contributed by atoms with van der Waals surface area (Å²) in [6.07, 6.45) is 3.72. The molecule has 0 heterocycles. The molecule has 13 heavy (non-hydrogen) atoms. The van der Waals surface area contributed by atoms with Crippen molar-refractivity contribution < 1.29 is 14.3 Å². The van der Waals surface area contributed by atoms with Crippen molar-refractivity contribution in [2.24, 2.45) is 9.98 Å². The quantitative estimate of drug-likeness (QED) is 0.459. The fourth-order valence-corrected chi connectivity index (χ4v) is 0.758. The molecule has 0 fully saturated rings. The van der Waals surface area contributed by atoms with E-state index in [1.165, 1.54) is 12.2 Å². The summed E-state index contributed by atoms with van der Waals surface area (Å²) < 4.78 is 5.15. The van der Waals surface area contributed by atoms with Gasteiger partial charge in [0.05, 0.1) is 6.61 Å². The highest BCUT2D eigenvalue weighted by Gasteiger charge is 2.27. The lowest BCUT2D eigenvalue weighted by Crippen LogP contribution is -2.27. The van der Waals surface area contributed by atoms with Crippen molar-refractivity contribution in [3.05, 3.63) is 0 Å². The summed E-state index contributed by atoms with van der Waals surface area (Å²) in [5.41, 5.74) is 0. The van der Waals surface area contributed by atoms with Crippen LogP contribution in [0.4, 0.5) is 0 Å². The van der Waals surface area contributed by atoms with E-state index in [4.69, 9.17) is 4.74 Å². The fraction of sp³-hybridized carbons (Fsp3) is 0.750. The van der Waals surface area contributed by atoms with Crippen molar-refractivity contribution in [1.82, 2.24) is 0 Å². The number of ether oxygens (including phenoxy) is 1. The number of hydrogen-bond acceptors (Lipinski definition) is 5. The molecule has 0 saturated heterocycles. The van der Waals surface area contributed by atoms with Gasteiger partial charge in [0.1, 0.15) is 0 Å². The van der Waals surface area contributed by atoms with Crippen molar-refractivity contribution in [2.75, 3.05) is 6.61 Å². The topological polar surface area (TPSA) is 68.1 Å². The van der Waals surface area contributed by atoms with Gasteiger partial charge in [0, 0.05) is 6.42 Å². The maximum Gasteiger partial charge on any atom is 0.278 e. The summed E-state index contributed by atoms with van der Waals surface area (Å²) in [6, 6.07) is 0. The number of rotatable bonds is 6. The number of isocyanates is 2. The summed E-state index contributed by atoms with van der Waals surface area (Å²) in [7, 11) is 0. The van der Waals surface area contributed by atoms with Crippen LogP contribution in [-0.4, -0.2) is 24.6 Å². The molecule has 0 aliphatic heterocycles. The van der Waals surface area contributed by atoms with Crippen LogP contribution in [0, 0.1) is 0 Å². The maximum atomic E-state index is 10.1. The first kappa shape index (κ1) is 11.7. The molecule has 0 amide bonds. The third-order valence-electron chi connectivity index (χ3n) is 1.44. The van der Waals surface area contributed by atoms with Crippen molar-refractivity contribution in [3.63, 3.8) is 0 Å². The molecule has 0 aromatic carbocycles. The van der Waals surface area contributed by atoms with E-state index in [-0.39, 0.29) is 0 Å². The van der Waals surface area contributed by atoms with Gasteiger partial charge >= 0.3 is 0 Å². The highest BCUT2D eigenvalue weighted by molar-refractivity contribution is 5.38. The predicted octanol–water partition coefficient (Wildman–Crippen LogP) is 1.15. The Morgan fingerprint density at radius 2 is 1.77 bits per heavy atom. The second-order valence-electron chi connectivity index (χ2n) is 2.35. The predicted molar refractivity (Wildman–Crippen MR) is 45.5 cm³/mol. The van der Waals surface area contributed by atoms with Gasteiger partial charge in [0.25, 0.3) is 5.85 Å². The van der Waals surface area contributed by atoms with Crippen LogP contribution in [0.5, 0.6) is 0 Å². The lowest BCUT2D eigenvalue weighted by Gasteiger charge is -2.19. The molecule has 0 N–H and O–H groups in total. The first-order valence-electron chi connectivity index (χ1n) is 4.06. The van der Waals surface area contributed by atoms with Gasteiger partial charge in [-0.05, 0) is 6.42 Å². The molecule has 72 valence electrons. The standard InChI is InChI=1S/C8H12N2O3/c1-3-5-13-8(4-2,9-6-11)10-7-12/h3-5H2,1-2H3. The van der Waals surface area contributed by atoms with Gasteiger partial charge in [-0.25, -0.2) is 9.59 Å². The van der Waals surface area contributed by atoms with Crippen LogP contribution in [0.3, 0.4) is 0 Å². The van der Waals surface area contributed by atoms with Crippen molar-refractivity contribution >= 4 is 12.2 Å². The zero-order valence-electron chi connectivity index (χ0n) is 7.74. The van der Waals surface area contributed by atoms with Gasteiger partial charge in [-0.2, -0.15) is 0 Å². The zero-order valence-corrected chi connectivity index (χ0v) is 7.74. The minimum absolute atomic E-state index is 0.303. The largest absolute Gasteiger partial charge is 0.334 e. The van der Waals surface area contributed by atoms with Crippen LogP contribution in [0.1, 0.15) is 26.7 Å². The van der Waals surface area contributed by atoms with E-state index in [1.807, 2.05) is 6.92 Å². The van der Waals surface area contributed by atoms with Crippen LogP contribution in [0.25, 0.3) is 0 Å². The zero-order chi connectivity index (χ0) is 10.2. The Kier molecular flexibility index (Phi) is 5.64.